The Kier molecular flexibility index (Phi) is 3.49. The maximum Gasteiger partial charge on any atom is 0.123 e. The molecule has 0 spiro atoms. The number of pyridine rings is 1. The van der Waals surface area contributed by atoms with Crippen molar-refractivity contribution in [2.75, 3.05) is 11.4 Å². The van der Waals surface area contributed by atoms with Gasteiger partial charge in [0.25, 0.3) is 0 Å². The Morgan fingerprint density at radius 3 is 2.61 bits per heavy atom. The zero-order valence-corrected chi connectivity index (χ0v) is 13.2. The molecule has 1 aliphatic rings. The van der Waals surface area contributed by atoms with Crippen LogP contribution in [-0.4, -0.2) is 17.6 Å². The number of fused-ring (bicyclic) bond motifs is 1. The second-order valence-electron chi connectivity index (χ2n) is 6.24. The number of nitrogens with zero attached hydrogens (tertiary/aromatic N) is 2. The monoisotopic (exact) mass is 306 g/mol. The van der Waals surface area contributed by atoms with Gasteiger partial charge in [-0.05, 0) is 56.2 Å². The fourth-order valence-corrected chi connectivity index (χ4v) is 3.44. The van der Waals surface area contributed by atoms with Gasteiger partial charge < -0.3 is 4.90 Å². The summed E-state index contributed by atoms with van der Waals surface area (Å²) >= 11 is 0. The van der Waals surface area contributed by atoms with Crippen molar-refractivity contribution in [3.63, 3.8) is 0 Å². The quantitative estimate of drug-likeness (QED) is 0.660. The van der Waals surface area contributed by atoms with Crippen LogP contribution < -0.4 is 4.90 Å². The van der Waals surface area contributed by atoms with Gasteiger partial charge in [0.05, 0.1) is 16.9 Å². The fraction of sp³-hybridized carbons (Fsp3) is 0.250. The topological polar surface area (TPSA) is 16.1 Å². The highest BCUT2D eigenvalue weighted by molar-refractivity contribution is 5.89. The molecule has 0 aliphatic carbocycles. The van der Waals surface area contributed by atoms with Crippen molar-refractivity contribution >= 4 is 16.6 Å². The second kappa shape index (κ2) is 5.65. The predicted molar refractivity (Wildman–Crippen MR) is 93.2 cm³/mol. The van der Waals surface area contributed by atoms with Gasteiger partial charge in [0, 0.05) is 23.5 Å². The third-order valence-corrected chi connectivity index (χ3v) is 4.68. The average molecular weight is 306 g/mol. The third kappa shape index (κ3) is 2.56. The Balaban J connectivity index is 1.94. The third-order valence-electron chi connectivity index (χ3n) is 4.68. The minimum absolute atomic E-state index is 0.217. The van der Waals surface area contributed by atoms with Crippen LogP contribution in [0.25, 0.3) is 22.2 Å². The van der Waals surface area contributed by atoms with Crippen LogP contribution in [0.2, 0.25) is 0 Å². The molecule has 1 atom stereocenters. The standard InChI is InChI=1S/C20H19FN2/c1-14-5-4-12-23(14)19-13-16-6-2-3-7-18(16)22-20(19)15-8-10-17(21)11-9-15/h2-3,6-11,13-14H,4-5,12H2,1H3. The summed E-state index contributed by atoms with van der Waals surface area (Å²) in [6.07, 6.45) is 2.41. The summed E-state index contributed by atoms with van der Waals surface area (Å²) in [6, 6.07) is 17.5. The number of anilines is 1. The highest BCUT2D eigenvalue weighted by Gasteiger charge is 2.24. The zero-order valence-electron chi connectivity index (χ0n) is 13.2. The first-order valence-electron chi connectivity index (χ1n) is 8.15. The molecule has 1 fully saturated rings. The lowest BCUT2D eigenvalue weighted by Crippen LogP contribution is -2.27. The smallest absolute Gasteiger partial charge is 0.123 e. The maximum atomic E-state index is 13.3. The first-order chi connectivity index (χ1) is 11.2. The molecule has 0 N–H and O–H groups in total. The summed E-state index contributed by atoms with van der Waals surface area (Å²) in [5, 5.41) is 1.15. The van der Waals surface area contributed by atoms with Crippen molar-refractivity contribution in [3.05, 3.63) is 60.4 Å². The van der Waals surface area contributed by atoms with Crippen LogP contribution in [0, 0.1) is 5.82 Å². The Hall–Kier alpha value is -2.42. The van der Waals surface area contributed by atoms with E-state index < -0.39 is 0 Å². The van der Waals surface area contributed by atoms with Crippen molar-refractivity contribution in [2.24, 2.45) is 0 Å². The minimum Gasteiger partial charge on any atom is -0.367 e. The molecule has 2 aromatic carbocycles. The van der Waals surface area contributed by atoms with E-state index in [9.17, 15) is 4.39 Å². The van der Waals surface area contributed by atoms with E-state index >= 15 is 0 Å². The number of benzene rings is 2. The molecule has 23 heavy (non-hydrogen) atoms. The van der Waals surface area contributed by atoms with Gasteiger partial charge in [0.15, 0.2) is 0 Å². The number of hydrogen-bond acceptors (Lipinski definition) is 2. The molecule has 0 bridgehead atoms. The van der Waals surface area contributed by atoms with Crippen LogP contribution in [0.15, 0.2) is 54.6 Å². The van der Waals surface area contributed by atoms with Gasteiger partial charge in [-0.15, -0.1) is 0 Å². The molecule has 1 aliphatic heterocycles. The lowest BCUT2D eigenvalue weighted by atomic mass is 10.1. The number of hydrogen-bond donors (Lipinski definition) is 0. The van der Waals surface area contributed by atoms with Crippen LogP contribution in [0.3, 0.4) is 0 Å². The van der Waals surface area contributed by atoms with Crippen molar-refractivity contribution in [1.29, 1.82) is 0 Å². The summed E-state index contributed by atoms with van der Waals surface area (Å²) in [5.41, 5.74) is 4.03. The van der Waals surface area contributed by atoms with Crippen LogP contribution in [-0.2, 0) is 0 Å². The lowest BCUT2D eigenvalue weighted by molar-refractivity contribution is 0.628. The molecule has 3 heteroatoms. The van der Waals surface area contributed by atoms with E-state index in [4.69, 9.17) is 4.98 Å². The molecule has 0 amide bonds. The van der Waals surface area contributed by atoms with E-state index in [0.717, 1.165) is 34.4 Å². The van der Waals surface area contributed by atoms with Gasteiger partial charge in [-0.25, -0.2) is 9.37 Å². The lowest BCUT2D eigenvalue weighted by Gasteiger charge is -2.26. The summed E-state index contributed by atoms with van der Waals surface area (Å²) in [6.45, 7) is 3.31. The summed E-state index contributed by atoms with van der Waals surface area (Å²) < 4.78 is 13.3. The number of para-hydroxylation sites is 1. The predicted octanol–water partition coefficient (Wildman–Crippen LogP) is 5.03. The summed E-state index contributed by atoms with van der Waals surface area (Å²) in [7, 11) is 0. The van der Waals surface area contributed by atoms with Crippen molar-refractivity contribution in [3.8, 4) is 11.3 Å². The van der Waals surface area contributed by atoms with E-state index in [1.54, 1.807) is 0 Å². The highest BCUT2D eigenvalue weighted by Crippen LogP contribution is 2.36. The zero-order chi connectivity index (χ0) is 15.8. The molecule has 1 aromatic heterocycles. The molecule has 2 nitrogen and oxygen atoms in total. The summed E-state index contributed by atoms with van der Waals surface area (Å²) in [4.78, 5) is 7.32. The highest BCUT2D eigenvalue weighted by atomic mass is 19.1. The first kappa shape index (κ1) is 14.2. The van der Waals surface area contributed by atoms with E-state index in [2.05, 4.69) is 24.0 Å². The van der Waals surface area contributed by atoms with Crippen molar-refractivity contribution < 1.29 is 4.39 Å². The van der Waals surface area contributed by atoms with E-state index in [1.165, 1.54) is 25.0 Å². The van der Waals surface area contributed by atoms with E-state index in [-0.39, 0.29) is 5.82 Å². The molecule has 4 rings (SSSR count). The molecular formula is C20H19FN2. The molecule has 1 saturated heterocycles. The van der Waals surface area contributed by atoms with Crippen LogP contribution in [0.1, 0.15) is 19.8 Å². The molecule has 0 saturated carbocycles. The Bertz CT molecular complexity index is 842. The van der Waals surface area contributed by atoms with Gasteiger partial charge in [0.1, 0.15) is 5.82 Å². The molecule has 1 unspecified atom stereocenters. The maximum absolute atomic E-state index is 13.3. The summed E-state index contributed by atoms with van der Waals surface area (Å²) in [5.74, 6) is -0.217. The molecule has 2 heterocycles. The first-order valence-corrected chi connectivity index (χ1v) is 8.15. The number of aromatic nitrogens is 1. The van der Waals surface area contributed by atoms with Gasteiger partial charge in [-0.3, -0.25) is 0 Å². The average Bonchev–Trinajstić information content (AvgIpc) is 3.00. The fourth-order valence-electron chi connectivity index (χ4n) is 3.44. The number of rotatable bonds is 2. The largest absolute Gasteiger partial charge is 0.367 e. The number of halogens is 1. The molecular weight excluding hydrogens is 287 g/mol. The van der Waals surface area contributed by atoms with E-state index in [1.807, 2.05) is 30.3 Å². The Morgan fingerprint density at radius 1 is 1.09 bits per heavy atom. The van der Waals surface area contributed by atoms with E-state index in [0.29, 0.717) is 6.04 Å². The molecule has 3 aromatic rings. The van der Waals surface area contributed by atoms with Gasteiger partial charge >= 0.3 is 0 Å². The minimum atomic E-state index is -0.217. The SMILES string of the molecule is CC1CCCN1c1cc2ccccc2nc1-c1ccc(F)cc1. The van der Waals surface area contributed by atoms with Crippen LogP contribution >= 0.6 is 0 Å². The Labute approximate surface area is 135 Å². The normalized spacial score (nSPS) is 17.8. The van der Waals surface area contributed by atoms with Crippen LogP contribution in [0.4, 0.5) is 10.1 Å². The molecule has 116 valence electrons. The molecule has 0 radical (unpaired) electrons. The van der Waals surface area contributed by atoms with Gasteiger partial charge in [-0.2, -0.15) is 0 Å². The van der Waals surface area contributed by atoms with Gasteiger partial charge in [0.2, 0.25) is 0 Å². The van der Waals surface area contributed by atoms with Crippen molar-refractivity contribution in [1.82, 2.24) is 4.98 Å². The van der Waals surface area contributed by atoms with Crippen molar-refractivity contribution in [2.45, 2.75) is 25.8 Å². The van der Waals surface area contributed by atoms with Gasteiger partial charge in [-0.1, -0.05) is 18.2 Å². The Morgan fingerprint density at radius 2 is 1.87 bits per heavy atom. The second-order valence-corrected chi connectivity index (χ2v) is 6.24. The van der Waals surface area contributed by atoms with Crippen LogP contribution in [0.5, 0.6) is 0 Å².